The van der Waals surface area contributed by atoms with Crippen molar-refractivity contribution in [1.29, 1.82) is 0 Å². The van der Waals surface area contributed by atoms with Crippen LogP contribution in [0.5, 0.6) is 0 Å². The van der Waals surface area contributed by atoms with Gasteiger partial charge in [-0.3, -0.25) is 9.59 Å². The largest absolute Gasteiger partial charge is 0.326 e. The van der Waals surface area contributed by atoms with Crippen LogP contribution in [0.15, 0.2) is 29.4 Å². The molecule has 0 atom stereocenters. The van der Waals surface area contributed by atoms with E-state index in [1.807, 2.05) is 31.2 Å². The molecule has 2 N–H and O–H groups in total. The molecule has 1 fully saturated rings. The summed E-state index contributed by atoms with van der Waals surface area (Å²) in [6.45, 7) is 3.23. The third-order valence-electron chi connectivity index (χ3n) is 3.90. The van der Waals surface area contributed by atoms with Gasteiger partial charge in [-0.1, -0.05) is 31.4 Å². The minimum Gasteiger partial charge on any atom is -0.326 e. The Morgan fingerprint density at radius 2 is 1.86 bits per heavy atom. The van der Waals surface area contributed by atoms with E-state index in [2.05, 4.69) is 15.8 Å². The standard InChI is InChI=1S/C17H23N3O2/c1-12(19-20-13(2)21)15-9-6-10-16(11-15)18-17(22)14-7-4-3-5-8-14/h6,9-11,14H,3-5,7-8H2,1-2H3,(H,18,22)(H,20,21). The number of rotatable bonds is 4. The van der Waals surface area contributed by atoms with Crippen LogP contribution in [0, 0.1) is 5.92 Å². The highest BCUT2D eigenvalue weighted by atomic mass is 16.2. The number of amides is 2. The van der Waals surface area contributed by atoms with Crippen molar-refractivity contribution >= 4 is 23.2 Å². The molecule has 5 nitrogen and oxygen atoms in total. The highest BCUT2D eigenvalue weighted by Crippen LogP contribution is 2.25. The van der Waals surface area contributed by atoms with Crippen LogP contribution in [0.1, 0.15) is 51.5 Å². The average Bonchev–Trinajstić information content (AvgIpc) is 2.53. The van der Waals surface area contributed by atoms with E-state index >= 15 is 0 Å². The second-order valence-electron chi connectivity index (χ2n) is 5.77. The van der Waals surface area contributed by atoms with Crippen LogP contribution < -0.4 is 10.7 Å². The van der Waals surface area contributed by atoms with Gasteiger partial charge in [-0.05, 0) is 37.5 Å². The first-order chi connectivity index (χ1) is 10.6. The summed E-state index contributed by atoms with van der Waals surface area (Å²) in [6, 6.07) is 7.52. The first-order valence-electron chi connectivity index (χ1n) is 7.78. The molecule has 2 amide bonds. The average molecular weight is 301 g/mol. The van der Waals surface area contributed by atoms with Gasteiger partial charge in [0.25, 0.3) is 0 Å². The third kappa shape index (κ3) is 4.69. The number of benzene rings is 1. The first kappa shape index (κ1) is 16.2. The van der Waals surface area contributed by atoms with E-state index in [1.165, 1.54) is 13.3 Å². The highest BCUT2D eigenvalue weighted by molar-refractivity contribution is 6.01. The Hall–Kier alpha value is -2.17. The lowest BCUT2D eigenvalue weighted by Gasteiger charge is -2.20. The Morgan fingerprint density at radius 3 is 2.55 bits per heavy atom. The summed E-state index contributed by atoms with van der Waals surface area (Å²) in [5, 5.41) is 7.00. The fourth-order valence-electron chi connectivity index (χ4n) is 2.66. The Labute approximate surface area is 131 Å². The molecular weight excluding hydrogens is 278 g/mol. The number of hydrogen-bond acceptors (Lipinski definition) is 3. The van der Waals surface area contributed by atoms with Crippen LogP contribution in [0.3, 0.4) is 0 Å². The predicted molar refractivity (Wildman–Crippen MR) is 87.7 cm³/mol. The minimum absolute atomic E-state index is 0.105. The molecule has 2 rings (SSSR count). The van der Waals surface area contributed by atoms with Crippen molar-refractivity contribution < 1.29 is 9.59 Å². The van der Waals surface area contributed by atoms with E-state index < -0.39 is 0 Å². The van der Waals surface area contributed by atoms with Crippen molar-refractivity contribution in [2.45, 2.75) is 46.0 Å². The summed E-state index contributed by atoms with van der Waals surface area (Å²) in [6.07, 6.45) is 5.47. The zero-order valence-corrected chi connectivity index (χ0v) is 13.2. The molecule has 0 aliphatic heterocycles. The number of hydrazone groups is 1. The number of anilines is 1. The maximum atomic E-state index is 12.3. The number of hydrogen-bond donors (Lipinski definition) is 2. The Bertz CT molecular complexity index is 575. The van der Waals surface area contributed by atoms with Crippen molar-refractivity contribution in [3.8, 4) is 0 Å². The second-order valence-corrected chi connectivity index (χ2v) is 5.77. The monoisotopic (exact) mass is 301 g/mol. The predicted octanol–water partition coefficient (Wildman–Crippen LogP) is 3.07. The van der Waals surface area contributed by atoms with Gasteiger partial charge < -0.3 is 5.32 Å². The van der Waals surface area contributed by atoms with Crippen LogP contribution in [0.4, 0.5) is 5.69 Å². The molecular formula is C17H23N3O2. The van der Waals surface area contributed by atoms with Crippen molar-refractivity contribution in [3.63, 3.8) is 0 Å². The minimum atomic E-state index is -0.207. The quantitative estimate of drug-likeness (QED) is 0.663. The first-order valence-corrected chi connectivity index (χ1v) is 7.78. The van der Waals surface area contributed by atoms with Gasteiger partial charge in [0.1, 0.15) is 0 Å². The molecule has 22 heavy (non-hydrogen) atoms. The SMILES string of the molecule is CC(=O)NN=C(C)c1cccc(NC(=O)C2CCCCC2)c1. The number of nitrogens with zero attached hydrogens (tertiary/aromatic N) is 1. The Morgan fingerprint density at radius 1 is 1.14 bits per heavy atom. The molecule has 0 spiro atoms. The van der Waals surface area contributed by atoms with Crippen molar-refractivity contribution in [1.82, 2.24) is 5.43 Å². The van der Waals surface area contributed by atoms with E-state index in [0.29, 0.717) is 5.71 Å². The molecule has 1 saturated carbocycles. The molecule has 5 heteroatoms. The second kappa shape index (κ2) is 7.73. The normalized spacial score (nSPS) is 16.2. The van der Waals surface area contributed by atoms with Gasteiger partial charge in [0.15, 0.2) is 0 Å². The summed E-state index contributed by atoms with van der Waals surface area (Å²) in [4.78, 5) is 23.2. The van der Waals surface area contributed by atoms with Gasteiger partial charge in [0, 0.05) is 18.5 Å². The fourth-order valence-corrected chi connectivity index (χ4v) is 2.66. The van der Waals surface area contributed by atoms with Crippen LogP contribution in [-0.2, 0) is 9.59 Å². The molecule has 1 aliphatic rings. The number of nitrogens with one attached hydrogen (secondary N) is 2. The Kier molecular flexibility index (Phi) is 5.69. The van der Waals surface area contributed by atoms with Crippen molar-refractivity contribution in [2.24, 2.45) is 11.0 Å². The molecule has 1 aromatic carbocycles. The zero-order chi connectivity index (χ0) is 15.9. The number of carbonyl (C=O) groups is 2. The maximum Gasteiger partial charge on any atom is 0.236 e. The van der Waals surface area contributed by atoms with Crippen LogP contribution in [-0.4, -0.2) is 17.5 Å². The van der Waals surface area contributed by atoms with Crippen LogP contribution >= 0.6 is 0 Å². The fraction of sp³-hybridized carbons (Fsp3) is 0.471. The lowest BCUT2D eigenvalue weighted by molar-refractivity contribution is -0.121. The van der Waals surface area contributed by atoms with E-state index in [4.69, 9.17) is 0 Å². The van der Waals surface area contributed by atoms with Gasteiger partial charge in [-0.2, -0.15) is 5.10 Å². The molecule has 0 bridgehead atoms. The van der Waals surface area contributed by atoms with E-state index in [-0.39, 0.29) is 17.7 Å². The molecule has 0 radical (unpaired) electrons. The summed E-state index contributed by atoms with van der Waals surface area (Å²) < 4.78 is 0. The molecule has 118 valence electrons. The van der Waals surface area contributed by atoms with E-state index in [1.54, 1.807) is 0 Å². The van der Waals surface area contributed by atoms with Crippen LogP contribution in [0.2, 0.25) is 0 Å². The van der Waals surface area contributed by atoms with Gasteiger partial charge in [0.05, 0.1) is 5.71 Å². The van der Waals surface area contributed by atoms with E-state index in [0.717, 1.165) is 36.9 Å². The smallest absolute Gasteiger partial charge is 0.236 e. The molecule has 0 heterocycles. The third-order valence-corrected chi connectivity index (χ3v) is 3.90. The lowest BCUT2D eigenvalue weighted by atomic mass is 9.88. The molecule has 0 saturated heterocycles. The molecule has 0 unspecified atom stereocenters. The maximum absolute atomic E-state index is 12.3. The summed E-state index contributed by atoms with van der Waals surface area (Å²) in [5.74, 6) is 0.0287. The summed E-state index contributed by atoms with van der Waals surface area (Å²) in [7, 11) is 0. The molecule has 0 aromatic heterocycles. The van der Waals surface area contributed by atoms with Gasteiger partial charge in [0.2, 0.25) is 11.8 Å². The number of carbonyl (C=O) groups excluding carboxylic acids is 2. The Balaban J connectivity index is 2.03. The van der Waals surface area contributed by atoms with Crippen molar-refractivity contribution in [3.05, 3.63) is 29.8 Å². The summed E-state index contributed by atoms with van der Waals surface area (Å²) in [5.41, 5.74) is 4.75. The van der Waals surface area contributed by atoms with E-state index in [9.17, 15) is 9.59 Å². The topological polar surface area (TPSA) is 70.6 Å². The lowest BCUT2D eigenvalue weighted by Crippen LogP contribution is -2.24. The van der Waals surface area contributed by atoms with Gasteiger partial charge in [-0.25, -0.2) is 5.43 Å². The van der Waals surface area contributed by atoms with Gasteiger partial charge in [-0.15, -0.1) is 0 Å². The van der Waals surface area contributed by atoms with Gasteiger partial charge >= 0.3 is 0 Å². The zero-order valence-electron chi connectivity index (χ0n) is 13.2. The van der Waals surface area contributed by atoms with Crippen LogP contribution in [0.25, 0.3) is 0 Å². The van der Waals surface area contributed by atoms with Crippen molar-refractivity contribution in [2.75, 3.05) is 5.32 Å². The molecule has 1 aliphatic carbocycles. The highest BCUT2D eigenvalue weighted by Gasteiger charge is 2.21. The summed E-state index contributed by atoms with van der Waals surface area (Å²) >= 11 is 0. The molecule has 1 aromatic rings.